The average molecular weight is 171 g/mol. The molecular weight excluding hydrogens is 146 g/mol. The van der Waals surface area contributed by atoms with Gasteiger partial charge in [-0.2, -0.15) is 0 Å². The van der Waals surface area contributed by atoms with Crippen molar-refractivity contribution >= 4 is 0 Å². The van der Waals surface area contributed by atoms with Gasteiger partial charge in [0.2, 0.25) is 0 Å². The fourth-order valence-electron chi connectivity index (χ4n) is 2.22. The standard InChI is InChI=1S/C11H25N/c1-5-8-11(7-3,9-6-2)10-12-4/h12H,5-10H2,1-4H3. The molecule has 0 heterocycles. The van der Waals surface area contributed by atoms with Crippen LogP contribution in [0.15, 0.2) is 0 Å². The maximum absolute atomic E-state index is 3.33. The summed E-state index contributed by atoms with van der Waals surface area (Å²) in [5.74, 6) is 0. The van der Waals surface area contributed by atoms with Gasteiger partial charge in [0, 0.05) is 6.54 Å². The van der Waals surface area contributed by atoms with Crippen LogP contribution in [-0.2, 0) is 0 Å². The van der Waals surface area contributed by atoms with Gasteiger partial charge in [-0.25, -0.2) is 0 Å². The molecule has 0 aromatic heterocycles. The second kappa shape index (κ2) is 6.47. The van der Waals surface area contributed by atoms with Crippen LogP contribution in [-0.4, -0.2) is 13.6 Å². The first-order valence-electron chi connectivity index (χ1n) is 5.39. The summed E-state index contributed by atoms with van der Waals surface area (Å²) in [4.78, 5) is 0. The van der Waals surface area contributed by atoms with Crippen LogP contribution in [0.3, 0.4) is 0 Å². The third-order valence-corrected chi connectivity index (χ3v) is 2.86. The van der Waals surface area contributed by atoms with E-state index in [9.17, 15) is 0 Å². The summed E-state index contributed by atoms with van der Waals surface area (Å²) in [6, 6.07) is 0. The summed E-state index contributed by atoms with van der Waals surface area (Å²) >= 11 is 0. The highest BCUT2D eigenvalue weighted by molar-refractivity contribution is 4.78. The number of nitrogens with one attached hydrogen (secondary N) is 1. The molecule has 1 N–H and O–H groups in total. The van der Waals surface area contributed by atoms with Gasteiger partial charge in [-0.15, -0.1) is 0 Å². The molecule has 0 amide bonds. The molecule has 12 heavy (non-hydrogen) atoms. The number of rotatable bonds is 7. The largest absolute Gasteiger partial charge is 0.319 e. The van der Waals surface area contributed by atoms with Gasteiger partial charge in [-0.3, -0.25) is 0 Å². The highest BCUT2D eigenvalue weighted by Gasteiger charge is 2.24. The van der Waals surface area contributed by atoms with Crippen molar-refractivity contribution in [3.63, 3.8) is 0 Å². The lowest BCUT2D eigenvalue weighted by molar-refractivity contribution is 0.219. The summed E-state index contributed by atoms with van der Waals surface area (Å²) in [6.45, 7) is 8.08. The van der Waals surface area contributed by atoms with Crippen molar-refractivity contribution in [3.8, 4) is 0 Å². The summed E-state index contributed by atoms with van der Waals surface area (Å²) in [5, 5.41) is 3.33. The fourth-order valence-corrected chi connectivity index (χ4v) is 2.22. The first-order chi connectivity index (χ1) is 5.74. The van der Waals surface area contributed by atoms with E-state index in [1.54, 1.807) is 0 Å². The van der Waals surface area contributed by atoms with Crippen LogP contribution in [0.4, 0.5) is 0 Å². The molecule has 0 rings (SSSR count). The van der Waals surface area contributed by atoms with E-state index in [2.05, 4.69) is 33.1 Å². The van der Waals surface area contributed by atoms with E-state index >= 15 is 0 Å². The van der Waals surface area contributed by atoms with Crippen LogP contribution < -0.4 is 5.32 Å². The Morgan fingerprint density at radius 3 is 1.75 bits per heavy atom. The summed E-state index contributed by atoms with van der Waals surface area (Å²) in [7, 11) is 2.07. The Bertz CT molecular complexity index is 82.2. The molecule has 0 aliphatic carbocycles. The molecule has 0 saturated carbocycles. The zero-order chi connectivity index (χ0) is 9.45. The van der Waals surface area contributed by atoms with Crippen LogP contribution in [0.2, 0.25) is 0 Å². The van der Waals surface area contributed by atoms with Crippen LogP contribution >= 0.6 is 0 Å². The van der Waals surface area contributed by atoms with Crippen LogP contribution in [0, 0.1) is 5.41 Å². The molecule has 0 aliphatic rings. The Balaban J connectivity index is 4.06. The Kier molecular flexibility index (Phi) is 6.45. The predicted octanol–water partition coefficient (Wildman–Crippen LogP) is 3.20. The summed E-state index contributed by atoms with van der Waals surface area (Å²) < 4.78 is 0. The van der Waals surface area contributed by atoms with Gasteiger partial charge < -0.3 is 5.32 Å². The molecule has 0 unspecified atom stereocenters. The van der Waals surface area contributed by atoms with E-state index in [0.29, 0.717) is 5.41 Å². The quantitative estimate of drug-likeness (QED) is 0.620. The maximum atomic E-state index is 3.33. The summed E-state index contributed by atoms with van der Waals surface area (Å²) in [6.07, 6.45) is 6.69. The minimum absolute atomic E-state index is 0.582. The molecule has 0 fully saturated rings. The molecular formula is C11H25N. The van der Waals surface area contributed by atoms with E-state index in [-0.39, 0.29) is 0 Å². The first kappa shape index (κ1) is 12.0. The maximum Gasteiger partial charge on any atom is 0.000470 e. The van der Waals surface area contributed by atoms with E-state index in [4.69, 9.17) is 0 Å². The molecule has 74 valence electrons. The van der Waals surface area contributed by atoms with Gasteiger partial charge >= 0.3 is 0 Å². The SMILES string of the molecule is CCCC(CC)(CCC)CNC. The number of hydrogen-bond donors (Lipinski definition) is 1. The number of hydrogen-bond acceptors (Lipinski definition) is 1. The van der Waals surface area contributed by atoms with Gasteiger partial charge in [0.05, 0.1) is 0 Å². The molecule has 0 spiro atoms. The topological polar surface area (TPSA) is 12.0 Å². The Morgan fingerprint density at radius 2 is 1.50 bits per heavy atom. The second-order valence-electron chi connectivity index (χ2n) is 3.88. The van der Waals surface area contributed by atoms with Crippen molar-refractivity contribution in [3.05, 3.63) is 0 Å². The minimum Gasteiger partial charge on any atom is -0.319 e. The zero-order valence-corrected chi connectivity index (χ0v) is 9.24. The molecule has 0 aromatic carbocycles. The summed E-state index contributed by atoms with van der Waals surface area (Å²) in [5.41, 5.74) is 0.582. The van der Waals surface area contributed by atoms with E-state index in [0.717, 1.165) is 0 Å². The van der Waals surface area contributed by atoms with E-state index in [1.165, 1.54) is 38.6 Å². The molecule has 0 aromatic rings. The Hall–Kier alpha value is -0.0400. The normalized spacial score (nSPS) is 12.0. The lowest BCUT2D eigenvalue weighted by atomic mass is 9.77. The van der Waals surface area contributed by atoms with Crippen molar-refractivity contribution < 1.29 is 0 Å². The Morgan fingerprint density at radius 1 is 1.00 bits per heavy atom. The van der Waals surface area contributed by atoms with Crippen molar-refractivity contribution in [1.29, 1.82) is 0 Å². The van der Waals surface area contributed by atoms with Crippen molar-refractivity contribution in [2.45, 2.75) is 52.9 Å². The van der Waals surface area contributed by atoms with Crippen LogP contribution in [0.25, 0.3) is 0 Å². The molecule has 0 atom stereocenters. The molecule has 0 radical (unpaired) electrons. The van der Waals surface area contributed by atoms with Gasteiger partial charge in [-0.1, -0.05) is 33.6 Å². The molecule has 1 nitrogen and oxygen atoms in total. The van der Waals surface area contributed by atoms with Gasteiger partial charge in [0.25, 0.3) is 0 Å². The zero-order valence-electron chi connectivity index (χ0n) is 9.24. The predicted molar refractivity (Wildman–Crippen MR) is 56.5 cm³/mol. The van der Waals surface area contributed by atoms with Crippen molar-refractivity contribution in [2.24, 2.45) is 5.41 Å². The van der Waals surface area contributed by atoms with Crippen molar-refractivity contribution in [2.75, 3.05) is 13.6 Å². The highest BCUT2D eigenvalue weighted by atomic mass is 14.8. The van der Waals surface area contributed by atoms with Crippen LogP contribution in [0.5, 0.6) is 0 Å². The van der Waals surface area contributed by atoms with Gasteiger partial charge in [-0.05, 0) is 31.7 Å². The average Bonchev–Trinajstić information content (AvgIpc) is 2.06. The Labute approximate surface area is 77.9 Å². The second-order valence-corrected chi connectivity index (χ2v) is 3.88. The van der Waals surface area contributed by atoms with Gasteiger partial charge in [0.1, 0.15) is 0 Å². The van der Waals surface area contributed by atoms with Crippen LogP contribution in [0.1, 0.15) is 52.9 Å². The third kappa shape index (κ3) is 3.57. The smallest absolute Gasteiger partial charge is 0.000470 e. The monoisotopic (exact) mass is 171 g/mol. The third-order valence-electron chi connectivity index (χ3n) is 2.86. The van der Waals surface area contributed by atoms with Gasteiger partial charge in [0.15, 0.2) is 0 Å². The fraction of sp³-hybridized carbons (Fsp3) is 1.00. The molecule has 0 saturated heterocycles. The highest BCUT2D eigenvalue weighted by Crippen LogP contribution is 2.32. The lowest BCUT2D eigenvalue weighted by Gasteiger charge is -2.32. The van der Waals surface area contributed by atoms with Crippen molar-refractivity contribution in [1.82, 2.24) is 5.32 Å². The lowest BCUT2D eigenvalue weighted by Crippen LogP contribution is -2.31. The van der Waals surface area contributed by atoms with E-state index < -0.39 is 0 Å². The minimum atomic E-state index is 0.582. The molecule has 1 heteroatoms. The molecule has 0 aliphatic heterocycles. The first-order valence-corrected chi connectivity index (χ1v) is 5.39. The van der Waals surface area contributed by atoms with E-state index in [1.807, 2.05) is 0 Å². The molecule has 0 bridgehead atoms.